The first-order valence-electron chi connectivity index (χ1n) is 6.69. The van der Waals surface area contributed by atoms with Gasteiger partial charge in [-0.1, -0.05) is 41.4 Å². The summed E-state index contributed by atoms with van der Waals surface area (Å²) < 4.78 is 26.7. The lowest BCUT2D eigenvalue weighted by molar-refractivity contribution is -0.115. The van der Waals surface area contributed by atoms with Crippen LogP contribution in [0.3, 0.4) is 0 Å². The number of nitrogens with one attached hydrogen (secondary N) is 1. The van der Waals surface area contributed by atoms with E-state index in [-0.39, 0.29) is 17.2 Å². The van der Waals surface area contributed by atoms with E-state index in [0.29, 0.717) is 15.7 Å². The second-order valence-electron chi connectivity index (χ2n) is 4.75. The molecule has 2 nitrogen and oxygen atoms in total. The predicted molar refractivity (Wildman–Crippen MR) is 92.2 cm³/mol. The molecule has 0 radical (unpaired) electrons. The molecule has 1 N–H and O–H groups in total. The Morgan fingerprint density at radius 2 is 1.78 bits per heavy atom. The van der Waals surface area contributed by atoms with Crippen molar-refractivity contribution in [1.82, 2.24) is 0 Å². The van der Waals surface area contributed by atoms with Crippen LogP contribution in [0.15, 0.2) is 36.4 Å². The highest BCUT2D eigenvalue weighted by atomic mass is 35.5. The van der Waals surface area contributed by atoms with E-state index in [1.54, 1.807) is 25.1 Å². The monoisotopic (exact) mass is 375 g/mol. The average molecular weight is 376 g/mol. The van der Waals surface area contributed by atoms with Gasteiger partial charge in [-0.15, -0.1) is 11.8 Å². The summed E-state index contributed by atoms with van der Waals surface area (Å²) in [5, 5.41) is 2.82. The molecule has 23 heavy (non-hydrogen) atoms. The molecule has 2 rings (SSSR count). The summed E-state index contributed by atoms with van der Waals surface area (Å²) in [4.78, 5) is 12.2. The summed E-state index contributed by atoms with van der Waals surface area (Å²) in [5.74, 6) is -1.93. The van der Waals surface area contributed by atoms with Gasteiger partial charge in [-0.25, -0.2) is 8.78 Å². The molecule has 0 spiro atoms. The van der Waals surface area contributed by atoms with E-state index in [1.807, 2.05) is 0 Å². The Morgan fingerprint density at radius 3 is 2.43 bits per heavy atom. The Labute approximate surface area is 147 Å². The van der Waals surface area contributed by atoms with Gasteiger partial charge < -0.3 is 5.32 Å². The van der Waals surface area contributed by atoms with Crippen LogP contribution in [0.5, 0.6) is 0 Å². The number of hydrogen-bond donors (Lipinski definition) is 1. The van der Waals surface area contributed by atoms with Gasteiger partial charge in [-0.05, 0) is 25.1 Å². The first-order valence-corrected chi connectivity index (χ1v) is 8.50. The largest absolute Gasteiger partial charge is 0.323 e. The zero-order valence-electron chi connectivity index (χ0n) is 12.1. The lowest BCUT2D eigenvalue weighted by Crippen LogP contribution is -2.23. The Bertz CT molecular complexity index is 707. The fourth-order valence-corrected chi connectivity index (χ4v) is 3.15. The topological polar surface area (TPSA) is 29.1 Å². The molecular weight excluding hydrogens is 363 g/mol. The fraction of sp³-hybridized carbons (Fsp3) is 0.188. The highest BCUT2D eigenvalue weighted by Gasteiger charge is 2.18. The number of benzene rings is 2. The van der Waals surface area contributed by atoms with Crippen molar-refractivity contribution in [3.63, 3.8) is 0 Å². The van der Waals surface area contributed by atoms with Crippen LogP contribution in [-0.4, -0.2) is 11.2 Å². The lowest BCUT2D eigenvalue weighted by atomic mass is 10.2. The second-order valence-corrected chi connectivity index (χ2v) is 6.90. The minimum atomic E-state index is -0.900. The Balaban J connectivity index is 1.99. The first-order chi connectivity index (χ1) is 10.9. The summed E-state index contributed by atoms with van der Waals surface area (Å²) in [6.07, 6.45) is 0. The summed E-state index contributed by atoms with van der Waals surface area (Å²) in [6.45, 7) is 1.67. The quantitative estimate of drug-likeness (QED) is 0.743. The van der Waals surface area contributed by atoms with Gasteiger partial charge in [0.15, 0.2) is 11.6 Å². The molecule has 122 valence electrons. The number of thioether (sulfide) groups is 1. The number of carbonyl (C=O) groups is 1. The van der Waals surface area contributed by atoms with E-state index < -0.39 is 16.9 Å². The maximum Gasteiger partial charge on any atom is 0.237 e. The third-order valence-electron chi connectivity index (χ3n) is 3.10. The molecule has 0 bridgehead atoms. The SMILES string of the molecule is CC(SCc1cccc(F)c1F)C(=O)Nc1c(Cl)cccc1Cl. The molecule has 0 aliphatic carbocycles. The number of rotatable bonds is 5. The first kappa shape index (κ1) is 18.0. The van der Waals surface area contributed by atoms with Crippen LogP contribution in [0.2, 0.25) is 10.0 Å². The highest BCUT2D eigenvalue weighted by Crippen LogP contribution is 2.31. The highest BCUT2D eigenvalue weighted by molar-refractivity contribution is 7.99. The van der Waals surface area contributed by atoms with Crippen molar-refractivity contribution in [2.45, 2.75) is 17.9 Å². The van der Waals surface area contributed by atoms with Gasteiger partial charge in [0.1, 0.15) is 0 Å². The van der Waals surface area contributed by atoms with Crippen LogP contribution in [0.4, 0.5) is 14.5 Å². The molecule has 1 atom stereocenters. The van der Waals surface area contributed by atoms with Crippen LogP contribution in [0, 0.1) is 11.6 Å². The van der Waals surface area contributed by atoms with Crippen LogP contribution < -0.4 is 5.32 Å². The number of carbonyl (C=O) groups excluding carboxylic acids is 1. The Kier molecular flexibility index (Phi) is 6.27. The number of amides is 1. The number of para-hydroxylation sites is 1. The van der Waals surface area contributed by atoms with Gasteiger partial charge in [0.2, 0.25) is 5.91 Å². The molecule has 1 amide bonds. The summed E-state index contributed by atoms with van der Waals surface area (Å²) in [6, 6.07) is 8.87. The zero-order chi connectivity index (χ0) is 17.0. The van der Waals surface area contributed by atoms with Gasteiger partial charge in [-0.2, -0.15) is 0 Å². The van der Waals surface area contributed by atoms with Crippen molar-refractivity contribution in [2.75, 3.05) is 5.32 Å². The van der Waals surface area contributed by atoms with Crippen LogP contribution >= 0.6 is 35.0 Å². The van der Waals surface area contributed by atoms with Gasteiger partial charge in [0, 0.05) is 11.3 Å². The minimum Gasteiger partial charge on any atom is -0.323 e. The van der Waals surface area contributed by atoms with Crippen molar-refractivity contribution in [3.8, 4) is 0 Å². The molecule has 1 unspecified atom stereocenters. The summed E-state index contributed by atoms with van der Waals surface area (Å²) >= 11 is 13.2. The summed E-state index contributed by atoms with van der Waals surface area (Å²) in [7, 11) is 0. The molecule has 0 heterocycles. The van der Waals surface area contributed by atoms with E-state index in [1.165, 1.54) is 23.9 Å². The normalized spacial score (nSPS) is 12.0. The van der Waals surface area contributed by atoms with E-state index >= 15 is 0 Å². The summed E-state index contributed by atoms with van der Waals surface area (Å²) in [5.41, 5.74) is 0.552. The molecule has 0 saturated carbocycles. The maximum atomic E-state index is 13.6. The Hall–Kier alpha value is -1.30. The van der Waals surface area contributed by atoms with Gasteiger partial charge in [0.05, 0.1) is 21.0 Å². The molecular formula is C16H13Cl2F2NOS. The van der Waals surface area contributed by atoms with Gasteiger partial charge in [-0.3, -0.25) is 4.79 Å². The average Bonchev–Trinajstić information content (AvgIpc) is 2.52. The zero-order valence-corrected chi connectivity index (χ0v) is 14.4. The van der Waals surface area contributed by atoms with E-state index in [4.69, 9.17) is 23.2 Å². The molecule has 0 aromatic heterocycles. The molecule has 2 aromatic rings. The van der Waals surface area contributed by atoms with Crippen molar-refractivity contribution in [3.05, 3.63) is 63.6 Å². The standard InChI is InChI=1S/C16H13Cl2F2NOS/c1-9(23-8-10-4-2-7-13(19)14(10)20)16(22)21-15-11(17)5-3-6-12(15)18/h2-7,9H,8H2,1H3,(H,21,22). The molecule has 2 aromatic carbocycles. The van der Waals surface area contributed by atoms with Crippen LogP contribution in [0.25, 0.3) is 0 Å². The number of hydrogen-bond acceptors (Lipinski definition) is 2. The van der Waals surface area contributed by atoms with Crippen molar-refractivity contribution < 1.29 is 13.6 Å². The molecule has 7 heteroatoms. The van der Waals surface area contributed by atoms with Crippen LogP contribution in [0.1, 0.15) is 12.5 Å². The third-order valence-corrected chi connectivity index (χ3v) is 4.92. The van der Waals surface area contributed by atoms with Gasteiger partial charge >= 0.3 is 0 Å². The van der Waals surface area contributed by atoms with E-state index in [0.717, 1.165) is 6.07 Å². The predicted octanol–water partition coefficient (Wildman–Crippen LogP) is 5.53. The third kappa shape index (κ3) is 4.59. The maximum absolute atomic E-state index is 13.6. The minimum absolute atomic E-state index is 0.175. The van der Waals surface area contributed by atoms with E-state index in [2.05, 4.69) is 5.32 Å². The number of halogens is 4. The molecule has 0 fully saturated rings. The van der Waals surface area contributed by atoms with Crippen molar-refractivity contribution in [1.29, 1.82) is 0 Å². The molecule has 0 saturated heterocycles. The Morgan fingerprint density at radius 1 is 1.17 bits per heavy atom. The van der Waals surface area contributed by atoms with E-state index in [9.17, 15) is 13.6 Å². The number of anilines is 1. The van der Waals surface area contributed by atoms with Crippen molar-refractivity contribution in [2.24, 2.45) is 0 Å². The molecule has 0 aliphatic heterocycles. The van der Waals surface area contributed by atoms with Crippen LogP contribution in [-0.2, 0) is 10.5 Å². The fourth-order valence-electron chi connectivity index (χ4n) is 1.79. The van der Waals surface area contributed by atoms with Crippen molar-refractivity contribution >= 4 is 46.6 Å². The lowest BCUT2D eigenvalue weighted by Gasteiger charge is -2.14. The smallest absolute Gasteiger partial charge is 0.237 e. The van der Waals surface area contributed by atoms with Gasteiger partial charge in [0.25, 0.3) is 0 Å². The second kappa shape index (κ2) is 7.99. The molecule has 0 aliphatic rings.